The fourth-order valence-electron chi connectivity index (χ4n) is 3.41. The average Bonchev–Trinajstić information content (AvgIpc) is 3.09. The molecule has 4 nitrogen and oxygen atoms in total. The molecule has 1 amide bonds. The van der Waals surface area contributed by atoms with Crippen molar-refractivity contribution < 1.29 is 9.18 Å². The number of amides is 1. The van der Waals surface area contributed by atoms with E-state index in [2.05, 4.69) is 39.5 Å². The Hall–Kier alpha value is -2.57. The van der Waals surface area contributed by atoms with Gasteiger partial charge in [-0.15, -0.1) is 11.3 Å². The van der Waals surface area contributed by atoms with Gasteiger partial charge in [0.05, 0.1) is 5.69 Å². The van der Waals surface area contributed by atoms with Gasteiger partial charge in [-0.05, 0) is 23.6 Å². The normalized spacial score (nSPS) is 13.9. The zero-order valence-corrected chi connectivity index (χ0v) is 16.3. The number of carbonyl (C=O) groups excluding carboxylic acids is 1. The topological polar surface area (TPSA) is 45.2 Å². The lowest BCUT2D eigenvalue weighted by atomic mass is 10.1. The van der Waals surface area contributed by atoms with Gasteiger partial charge in [0.25, 0.3) is 0 Å². The summed E-state index contributed by atoms with van der Waals surface area (Å²) in [4.78, 5) is 20.4. The molecule has 0 fully saturated rings. The van der Waals surface area contributed by atoms with Crippen molar-refractivity contribution in [1.29, 1.82) is 0 Å². The van der Waals surface area contributed by atoms with Crippen molar-refractivity contribution in [2.75, 3.05) is 11.9 Å². The number of thiazole rings is 1. The number of aryl methyl sites for hydroxylation is 1. The predicted octanol–water partition coefficient (Wildman–Crippen LogP) is 4.41. The number of benzene rings is 2. The number of halogens is 1. The molecule has 2 heterocycles. The predicted molar refractivity (Wildman–Crippen MR) is 110 cm³/mol. The highest BCUT2D eigenvalue weighted by molar-refractivity contribution is 7.15. The molecule has 144 valence electrons. The molecule has 0 aliphatic carbocycles. The molecule has 28 heavy (non-hydrogen) atoms. The first kappa shape index (κ1) is 18.8. The van der Waals surface area contributed by atoms with Crippen LogP contribution >= 0.6 is 11.3 Å². The van der Waals surface area contributed by atoms with E-state index in [0.717, 1.165) is 31.7 Å². The smallest absolute Gasteiger partial charge is 0.226 e. The highest BCUT2D eigenvalue weighted by atomic mass is 32.1. The molecule has 0 spiro atoms. The fourth-order valence-corrected chi connectivity index (χ4v) is 4.48. The van der Waals surface area contributed by atoms with Crippen molar-refractivity contribution in [3.8, 4) is 0 Å². The summed E-state index contributed by atoms with van der Waals surface area (Å²) < 4.78 is 13.7. The third kappa shape index (κ3) is 4.64. The van der Waals surface area contributed by atoms with Gasteiger partial charge in [-0.1, -0.05) is 48.5 Å². The van der Waals surface area contributed by atoms with Crippen LogP contribution in [0, 0.1) is 5.82 Å². The number of rotatable bonds is 6. The number of anilines is 1. The molecular formula is C22H22FN3OS. The van der Waals surface area contributed by atoms with E-state index in [0.29, 0.717) is 17.1 Å². The summed E-state index contributed by atoms with van der Waals surface area (Å²) in [5, 5.41) is 3.52. The van der Waals surface area contributed by atoms with Crippen molar-refractivity contribution >= 4 is 22.4 Å². The summed E-state index contributed by atoms with van der Waals surface area (Å²) in [6, 6.07) is 17.0. The van der Waals surface area contributed by atoms with Gasteiger partial charge in [0, 0.05) is 37.4 Å². The van der Waals surface area contributed by atoms with Gasteiger partial charge in [-0.3, -0.25) is 9.69 Å². The Bertz CT molecular complexity index is 957. The summed E-state index contributed by atoms with van der Waals surface area (Å²) in [5.74, 6) is -0.394. The maximum atomic E-state index is 13.7. The minimum Gasteiger partial charge on any atom is -0.302 e. The number of hydrogen-bond donors (Lipinski definition) is 1. The Kier molecular flexibility index (Phi) is 5.78. The number of carbonyl (C=O) groups is 1. The molecule has 0 saturated carbocycles. The van der Waals surface area contributed by atoms with Crippen molar-refractivity contribution in [2.45, 2.75) is 32.4 Å². The van der Waals surface area contributed by atoms with Crippen molar-refractivity contribution in [3.05, 3.63) is 82.1 Å². The molecule has 0 saturated heterocycles. The van der Waals surface area contributed by atoms with E-state index in [4.69, 9.17) is 0 Å². The standard InChI is InChI=1S/C22H22FN3OS/c23-18-9-5-4-8-17(18)10-11-21(27)25-22-24-19-12-13-26(15-20(19)28-22)14-16-6-2-1-3-7-16/h1-9H,10-15H2,(H,24,25,27). The minimum absolute atomic E-state index is 0.129. The van der Waals surface area contributed by atoms with Gasteiger partial charge in [0.2, 0.25) is 5.91 Å². The highest BCUT2D eigenvalue weighted by Gasteiger charge is 2.21. The number of hydrogen-bond acceptors (Lipinski definition) is 4. The Labute approximate surface area is 168 Å². The van der Waals surface area contributed by atoms with E-state index in [9.17, 15) is 9.18 Å². The van der Waals surface area contributed by atoms with Crippen LogP contribution in [0.25, 0.3) is 0 Å². The van der Waals surface area contributed by atoms with Crippen molar-refractivity contribution in [1.82, 2.24) is 9.88 Å². The third-order valence-corrected chi connectivity index (χ3v) is 5.88. The largest absolute Gasteiger partial charge is 0.302 e. The van der Waals surface area contributed by atoms with Gasteiger partial charge >= 0.3 is 0 Å². The van der Waals surface area contributed by atoms with Crippen LogP contribution in [0.2, 0.25) is 0 Å². The number of fused-ring (bicyclic) bond motifs is 1. The second-order valence-electron chi connectivity index (χ2n) is 6.97. The summed E-state index contributed by atoms with van der Waals surface area (Å²) >= 11 is 1.54. The summed E-state index contributed by atoms with van der Waals surface area (Å²) in [6.45, 7) is 2.74. The number of aromatic nitrogens is 1. The molecule has 1 aliphatic rings. The second kappa shape index (κ2) is 8.63. The van der Waals surface area contributed by atoms with Crippen LogP contribution in [0.3, 0.4) is 0 Å². The Morgan fingerprint density at radius 1 is 1.14 bits per heavy atom. The van der Waals surface area contributed by atoms with Crippen LogP contribution in [0.5, 0.6) is 0 Å². The molecule has 1 N–H and O–H groups in total. The monoisotopic (exact) mass is 395 g/mol. The summed E-state index contributed by atoms with van der Waals surface area (Å²) in [5.41, 5.74) is 2.95. The van der Waals surface area contributed by atoms with Crippen LogP contribution in [-0.2, 0) is 30.7 Å². The second-order valence-corrected chi connectivity index (χ2v) is 8.06. The highest BCUT2D eigenvalue weighted by Crippen LogP contribution is 2.29. The van der Waals surface area contributed by atoms with Crippen LogP contribution < -0.4 is 5.32 Å². The van der Waals surface area contributed by atoms with E-state index in [-0.39, 0.29) is 18.1 Å². The molecule has 0 unspecified atom stereocenters. The molecular weight excluding hydrogens is 373 g/mol. The van der Waals surface area contributed by atoms with Crippen molar-refractivity contribution in [3.63, 3.8) is 0 Å². The minimum atomic E-state index is -0.265. The lowest BCUT2D eigenvalue weighted by Crippen LogP contribution is -2.29. The maximum Gasteiger partial charge on any atom is 0.226 e. The SMILES string of the molecule is O=C(CCc1ccccc1F)Nc1nc2c(s1)CN(Cc1ccccc1)CC2. The van der Waals surface area contributed by atoms with Crippen LogP contribution in [0.1, 0.15) is 28.1 Å². The van der Waals surface area contributed by atoms with E-state index in [1.807, 2.05) is 6.07 Å². The summed E-state index contributed by atoms with van der Waals surface area (Å²) in [7, 11) is 0. The van der Waals surface area contributed by atoms with E-state index < -0.39 is 0 Å². The molecule has 0 atom stereocenters. The molecule has 1 aromatic heterocycles. The lowest BCUT2D eigenvalue weighted by molar-refractivity contribution is -0.116. The summed E-state index contributed by atoms with van der Waals surface area (Å²) in [6.07, 6.45) is 1.52. The van der Waals surface area contributed by atoms with Crippen LogP contribution in [-0.4, -0.2) is 22.3 Å². The average molecular weight is 396 g/mol. The Balaban J connectivity index is 1.32. The molecule has 0 radical (unpaired) electrons. The molecule has 1 aliphatic heterocycles. The number of nitrogens with zero attached hydrogens (tertiary/aromatic N) is 2. The van der Waals surface area contributed by atoms with Gasteiger partial charge < -0.3 is 5.32 Å². The Morgan fingerprint density at radius 3 is 2.75 bits per heavy atom. The van der Waals surface area contributed by atoms with E-state index >= 15 is 0 Å². The first-order valence-corrected chi connectivity index (χ1v) is 10.3. The van der Waals surface area contributed by atoms with Gasteiger partial charge in [0.15, 0.2) is 5.13 Å². The van der Waals surface area contributed by atoms with Gasteiger partial charge in [-0.2, -0.15) is 0 Å². The zero-order chi connectivity index (χ0) is 19.3. The molecule has 6 heteroatoms. The molecule has 3 aromatic rings. The Morgan fingerprint density at radius 2 is 1.93 bits per heavy atom. The van der Waals surface area contributed by atoms with Crippen molar-refractivity contribution in [2.24, 2.45) is 0 Å². The van der Waals surface area contributed by atoms with E-state index in [1.54, 1.807) is 29.5 Å². The van der Waals surface area contributed by atoms with Crippen LogP contribution in [0.4, 0.5) is 9.52 Å². The lowest BCUT2D eigenvalue weighted by Gasteiger charge is -2.25. The molecule has 0 bridgehead atoms. The molecule has 4 rings (SSSR count). The van der Waals surface area contributed by atoms with Crippen LogP contribution in [0.15, 0.2) is 54.6 Å². The zero-order valence-electron chi connectivity index (χ0n) is 15.5. The first-order chi connectivity index (χ1) is 13.7. The number of nitrogens with one attached hydrogen (secondary N) is 1. The van der Waals surface area contributed by atoms with Gasteiger partial charge in [0.1, 0.15) is 5.82 Å². The quantitative estimate of drug-likeness (QED) is 0.672. The van der Waals surface area contributed by atoms with E-state index in [1.165, 1.54) is 16.5 Å². The van der Waals surface area contributed by atoms with Gasteiger partial charge in [-0.25, -0.2) is 9.37 Å². The molecule has 2 aromatic carbocycles. The maximum absolute atomic E-state index is 13.7. The fraction of sp³-hybridized carbons (Fsp3) is 0.273. The first-order valence-electron chi connectivity index (χ1n) is 9.45. The third-order valence-electron chi connectivity index (χ3n) is 4.88.